The third-order valence-corrected chi connectivity index (χ3v) is 12.4. The van der Waals surface area contributed by atoms with Gasteiger partial charge in [-0.15, -0.1) is 0 Å². The summed E-state index contributed by atoms with van der Waals surface area (Å²) in [6.45, 7) is 19.4. The highest BCUT2D eigenvalue weighted by atomic mass is 32.2. The first-order valence-corrected chi connectivity index (χ1v) is 23.0. The van der Waals surface area contributed by atoms with Crippen molar-refractivity contribution < 1.29 is 55.5 Å². The second-order valence-electron chi connectivity index (χ2n) is 16.4. The molecule has 0 aromatic heterocycles. The Kier molecular flexibility index (Phi) is 37.9. The van der Waals surface area contributed by atoms with E-state index in [1.807, 2.05) is 53.7 Å². The molecule has 4 aromatic rings. The molecule has 4 rings (SSSR count). The van der Waals surface area contributed by atoms with Crippen molar-refractivity contribution in [3.63, 3.8) is 0 Å². The van der Waals surface area contributed by atoms with Gasteiger partial charge in [-0.25, -0.2) is 13.2 Å². The van der Waals surface area contributed by atoms with E-state index in [0.717, 1.165) is 12.8 Å². The van der Waals surface area contributed by atoms with Crippen molar-refractivity contribution in [1.29, 1.82) is 0 Å². The number of halogens is 2. The van der Waals surface area contributed by atoms with Gasteiger partial charge in [0, 0.05) is 0 Å². The van der Waals surface area contributed by atoms with Gasteiger partial charge in [0.05, 0.1) is 21.7 Å². The van der Waals surface area contributed by atoms with E-state index in [0.29, 0.717) is 18.1 Å². The van der Waals surface area contributed by atoms with Crippen LogP contribution in [0.25, 0.3) is 0 Å². The average Bonchev–Trinajstić information content (AvgIpc) is 3.23. The highest BCUT2D eigenvalue weighted by molar-refractivity contribution is 7.97. The predicted octanol–water partition coefficient (Wildman–Crippen LogP) is 14.9. The summed E-state index contributed by atoms with van der Waals surface area (Å²) < 4.78 is 69.5. The second kappa shape index (κ2) is 34.5. The van der Waals surface area contributed by atoms with Crippen molar-refractivity contribution in [3.05, 3.63) is 121 Å². The summed E-state index contributed by atoms with van der Waals surface area (Å²) in [6, 6.07) is 39.6. The Morgan fingerprint density at radius 1 is 0.588 bits per heavy atom. The minimum Gasteiger partial charge on any atom is -0.743 e. The predicted molar refractivity (Wildman–Crippen MR) is 279 cm³/mol. The molecule has 1 N–H and O–H groups in total. The van der Waals surface area contributed by atoms with E-state index in [2.05, 4.69) is 114 Å². The minimum absolute atomic E-state index is 0. The highest BCUT2D eigenvalue weighted by Crippen LogP contribution is 2.31. The molecule has 0 radical (unpaired) electrons. The first-order chi connectivity index (χ1) is 28.7. The number of rotatable bonds is 14. The zero-order chi connectivity index (χ0) is 47.4. The normalized spacial score (nSPS) is 11.1. The largest absolute Gasteiger partial charge is 0.743 e. The van der Waals surface area contributed by atoms with Crippen LogP contribution in [0.5, 0.6) is 5.75 Å². The van der Waals surface area contributed by atoms with E-state index in [-0.39, 0.29) is 72.4 Å². The Morgan fingerprint density at radius 3 is 1.21 bits per heavy atom. The maximum absolute atomic E-state index is 12.7. The summed E-state index contributed by atoms with van der Waals surface area (Å²) in [5.41, 5.74) is -0.214. The van der Waals surface area contributed by atoms with Crippen LogP contribution in [0.4, 0.5) is 8.78 Å². The number of phenolic OH excluding ortho intramolecular Hbond substituents is 1. The first-order valence-electron chi connectivity index (χ1n) is 20.3. The van der Waals surface area contributed by atoms with Gasteiger partial charge in [0.15, 0.2) is 24.8 Å². The number of aromatic hydroxyl groups is 1. The standard InChI is InChI=1S/C18H15S.C10H16F2O7S.C10H20O2.C10H14O.6CH4/c1-4-10-16(11-5-1)19(17-12-6-2-7-13-17)18-14-8-3-9-15-18;1-4-9(2,3)7(13)18-5-6-19-8(14)10(11,12)20(15,16)17;1-7-10(5,6)8(11)12-9(2,3)4;1-3-8(2)9-4-6-10(11)7-5-9;;;;;;/h1-15H;4-6H2,1-3H3,(H,15,16,17);7H2,1-6H3;4-8,11H,3H2,1-2H3;6*1H4/q+1;;;;;;;;;/p-1. The number of alkyl halides is 2. The van der Waals surface area contributed by atoms with E-state index < -0.39 is 45.9 Å². The lowest BCUT2D eigenvalue weighted by Gasteiger charge is -2.27. The fourth-order valence-electron chi connectivity index (χ4n) is 4.47. The van der Waals surface area contributed by atoms with Gasteiger partial charge < -0.3 is 23.9 Å². The van der Waals surface area contributed by atoms with Gasteiger partial charge in [-0.05, 0) is 128 Å². The zero-order valence-corrected chi connectivity index (χ0v) is 39.4. The number of phenols is 1. The molecule has 4 aromatic carbocycles. The van der Waals surface area contributed by atoms with Crippen LogP contribution in [0.3, 0.4) is 0 Å². The van der Waals surface area contributed by atoms with Gasteiger partial charge in [-0.2, -0.15) is 8.78 Å². The lowest BCUT2D eigenvalue weighted by atomic mass is 9.90. The van der Waals surface area contributed by atoms with Gasteiger partial charge in [0.2, 0.25) is 0 Å². The van der Waals surface area contributed by atoms with Crippen molar-refractivity contribution in [2.75, 3.05) is 13.2 Å². The smallest absolute Gasteiger partial charge is 0.428 e. The van der Waals surface area contributed by atoms with Crippen molar-refractivity contribution >= 4 is 38.9 Å². The SMILES string of the molecule is C.C.C.C.C.C.CCC(C)(C)C(=O)OC(C)(C)C.CCC(C)(C)C(=O)OCCOC(=O)C(F)(F)S(=O)(=O)[O-].CCC(C)c1ccc(O)cc1.c1ccc([S+](c2ccccc2)c2ccccc2)cc1. The van der Waals surface area contributed by atoms with Crippen LogP contribution in [0.15, 0.2) is 130 Å². The Hall–Kier alpha value is -4.79. The number of hydrogen-bond donors (Lipinski definition) is 1. The van der Waals surface area contributed by atoms with E-state index in [4.69, 9.17) is 9.84 Å². The fraction of sp³-hybridized carbons (Fsp3) is 0.500. The fourth-order valence-corrected chi connectivity index (χ4v) is 6.84. The van der Waals surface area contributed by atoms with Gasteiger partial charge in [-0.1, -0.05) is 139 Å². The molecule has 0 saturated carbocycles. The molecule has 0 aliphatic heterocycles. The molecule has 0 aliphatic rings. The van der Waals surface area contributed by atoms with Crippen molar-refractivity contribution in [2.45, 2.75) is 171 Å². The number of esters is 3. The van der Waals surface area contributed by atoms with E-state index in [1.165, 1.54) is 20.2 Å². The van der Waals surface area contributed by atoms with Crippen LogP contribution in [0.1, 0.15) is 151 Å². The number of benzene rings is 4. The molecule has 14 heteroatoms. The third kappa shape index (κ3) is 26.1. The summed E-state index contributed by atoms with van der Waals surface area (Å²) in [4.78, 5) is 37.7. The number of ether oxygens (including phenoxy) is 3. The summed E-state index contributed by atoms with van der Waals surface area (Å²) in [6.07, 6.45) is 2.42. The lowest BCUT2D eigenvalue weighted by Crippen LogP contribution is -2.39. The average molecular weight is 999 g/mol. The quantitative estimate of drug-likeness (QED) is 0.0424. The molecule has 0 spiro atoms. The van der Waals surface area contributed by atoms with E-state index >= 15 is 0 Å². The minimum atomic E-state index is -6.15. The maximum Gasteiger partial charge on any atom is 0.428 e. The molecule has 1 unspecified atom stereocenters. The van der Waals surface area contributed by atoms with Crippen molar-refractivity contribution in [3.8, 4) is 5.75 Å². The Balaban J connectivity index is -0.000000188. The second-order valence-corrected chi connectivity index (χ2v) is 19.8. The number of hydrogen-bond acceptors (Lipinski definition) is 10. The Labute approximate surface area is 414 Å². The highest BCUT2D eigenvalue weighted by Gasteiger charge is 2.48. The summed E-state index contributed by atoms with van der Waals surface area (Å²) in [5, 5.41) is 3.84. The molecule has 0 fully saturated rings. The molecule has 68 heavy (non-hydrogen) atoms. The van der Waals surface area contributed by atoms with Gasteiger partial charge >= 0.3 is 23.2 Å². The molecule has 0 heterocycles. The third-order valence-electron chi connectivity index (χ3n) is 9.38. The van der Waals surface area contributed by atoms with Crippen LogP contribution >= 0.6 is 0 Å². The molecule has 0 saturated heterocycles. The summed E-state index contributed by atoms with van der Waals surface area (Å²) in [7, 11) is -6.16. The molecule has 0 amide bonds. The van der Waals surface area contributed by atoms with Crippen LogP contribution < -0.4 is 0 Å². The number of carbonyl (C=O) groups excluding carboxylic acids is 3. The molecule has 390 valence electrons. The van der Waals surface area contributed by atoms with E-state index in [9.17, 15) is 36.1 Å². The molecule has 0 aliphatic carbocycles. The van der Waals surface area contributed by atoms with Crippen molar-refractivity contribution in [2.24, 2.45) is 10.8 Å². The maximum atomic E-state index is 12.7. The van der Waals surface area contributed by atoms with Crippen LogP contribution in [0, 0.1) is 10.8 Å². The Morgan fingerprint density at radius 2 is 0.912 bits per heavy atom. The molecular formula is C54H88F2O10S2. The topological polar surface area (TPSA) is 156 Å². The van der Waals surface area contributed by atoms with Gasteiger partial charge in [0.25, 0.3) is 0 Å². The summed E-state index contributed by atoms with van der Waals surface area (Å²) >= 11 is 0. The van der Waals surface area contributed by atoms with Gasteiger partial charge in [-0.3, -0.25) is 9.59 Å². The van der Waals surface area contributed by atoms with Gasteiger partial charge in [0.1, 0.15) is 24.6 Å². The monoisotopic (exact) mass is 999 g/mol. The molecular weight excluding hydrogens is 911 g/mol. The molecule has 10 nitrogen and oxygen atoms in total. The van der Waals surface area contributed by atoms with Crippen molar-refractivity contribution in [1.82, 2.24) is 0 Å². The van der Waals surface area contributed by atoms with Crippen LogP contribution in [-0.2, 0) is 49.6 Å². The van der Waals surface area contributed by atoms with Crippen LogP contribution in [-0.4, -0.2) is 60.1 Å². The van der Waals surface area contributed by atoms with E-state index in [1.54, 1.807) is 32.9 Å². The zero-order valence-electron chi connectivity index (χ0n) is 37.8. The first kappa shape index (κ1) is 74.7. The Bertz CT molecular complexity index is 1940. The summed E-state index contributed by atoms with van der Waals surface area (Å²) in [5.74, 6) is -2.30. The van der Waals surface area contributed by atoms with Crippen LogP contribution in [0.2, 0.25) is 0 Å². The lowest BCUT2D eigenvalue weighted by molar-refractivity contribution is -0.167. The number of carbonyl (C=O) groups is 3. The molecule has 1 atom stereocenters. The molecule has 0 bridgehead atoms.